The monoisotopic (exact) mass is 454 g/mol. The topological polar surface area (TPSA) is 59.0 Å². The second kappa shape index (κ2) is 8.60. The molecule has 0 spiro atoms. The molecule has 1 aliphatic rings. The van der Waals surface area contributed by atoms with Crippen molar-refractivity contribution in [1.29, 1.82) is 0 Å². The molecule has 1 aliphatic heterocycles. The van der Waals surface area contributed by atoms with Crippen LogP contribution in [0.5, 0.6) is 0 Å². The molecule has 1 atom stereocenters. The number of aryl methyl sites for hydroxylation is 2. The minimum atomic E-state index is -0.257. The maximum Gasteiger partial charge on any atom is 0.261 e. The van der Waals surface area contributed by atoms with Gasteiger partial charge in [0.25, 0.3) is 5.91 Å². The molecule has 1 aromatic heterocycles. The van der Waals surface area contributed by atoms with Crippen molar-refractivity contribution in [2.45, 2.75) is 19.9 Å². The summed E-state index contributed by atoms with van der Waals surface area (Å²) in [5.74, 6) is 0.401. The van der Waals surface area contributed by atoms with Crippen LogP contribution in [0.4, 0.5) is 11.5 Å². The van der Waals surface area contributed by atoms with Crippen LogP contribution in [0.1, 0.15) is 38.7 Å². The SMILES string of the molecule is Cc1ccc(NC(=O)c2cnn3c2NC(c2ccc(C)cc2)=C[C@H]3c2ccccc2Cl)cc1. The number of hydrogen-bond acceptors (Lipinski definition) is 3. The van der Waals surface area contributed by atoms with E-state index >= 15 is 0 Å². The van der Waals surface area contributed by atoms with Gasteiger partial charge in [-0.05, 0) is 49.2 Å². The van der Waals surface area contributed by atoms with Crippen LogP contribution in [-0.4, -0.2) is 15.7 Å². The van der Waals surface area contributed by atoms with Gasteiger partial charge in [-0.1, -0.05) is 77.3 Å². The van der Waals surface area contributed by atoms with Gasteiger partial charge in [0, 0.05) is 16.4 Å². The molecule has 0 unspecified atom stereocenters. The van der Waals surface area contributed by atoms with Crippen molar-refractivity contribution in [3.63, 3.8) is 0 Å². The fourth-order valence-corrected chi connectivity index (χ4v) is 4.18. The molecule has 2 heterocycles. The molecule has 33 heavy (non-hydrogen) atoms. The maximum absolute atomic E-state index is 13.2. The van der Waals surface area contributed by atoms with Crippen molar-refractivity contribution < 1.29 is 4.79 Å². The van der Waals surface area contributed by atoms with Gasteiger partial charge in [-0.25, -0.2) is 4.68 Å². The Kier molecular flexibility index (Phi) is 5.48. The summed E-state index contributed by atoms with van der Waals surface area (Å²) < 4.78 is 1.81. The van der Waals surface area contributed by atoms with Gasteiger partial charge in [-0.3, -0.25) is 4.79 Å². The van der Waals surface area contributed by atoms with Crippen molar-refractivity contribution in [3.8, 4) is 0 Å². The Morgan fingerprint density at radius 1 is 0.970 bits per heavy atom. The normalized spacial score (nSPS) is 14.8. The van der Waals surface area contributed by atoms with Crippen molar-refractivity contribution in [2.24, 2.45) is 0 Å². The zero-order chi connectivity index (χ0) is 22.9. The molecule has 0 saturated carbocycles. The first-order chi connectivity index (χ1) is 16.0. The molecule has 3 aromatic carbocycles. The third-order valence-electron chi connectivity index (χ3n) is 5.78. The standard InChI is InChI=1S/C27H23ClN4O/c1-17-7-11-19(12-8-17)24-15-25(21-5-3-4-6-23(21)28)32-26(31-24)22(16-29-32)27(33)30-20-13-9-18(2)10-14-20/h3-16,25,31H,1-2H3,(H,30,33)/t25-/m0/s1. The minimum absolute atomic E-state index is 0.226. The largest absolute Gasteiger partial charge is 0.339 e. The van der Waals surface area contributed by atoms with Crippen molar-refractivity contribution in [1.82, 2.24) is 9.78 Å². The fourth-order valence-electron chi connectivity index (χ4n) is 3.93. The highest BCUT2D eigenvalue weighted by Gasteiger charge is 2.28. The number of halogens is 1. The first kappa shape index (κ1) is 21.0. The molecule has 0 saturated heterocycles. The first-order valence-corrected chi connectivity index (χ1v) is 11.1. The van der Waals surface area contributed by atoms with Crippen LogP contribution in [-0.2, 0) is 0 Å². The van der Waals surface area contributed by atoms with Gasteiger partial charge in [-0.2, -0.15) is 5.10 Å². The Labute approximate surface area is 197 Å². The Morgan fingerprint density at radius 3 is 2.33 bits per heavy atom. The van der Waals surface area contributed by atoms with Crippen LogP contribution < -0.4 is 10.6 Å². The summed E-state index contributed by atoms with van der Waals surface area (Å²) >= 11 is 6.56. The number of carbonyl (C=O) groups is 1. The summed E-state index contributed by atoms with van der Waals surface area (Å²) in [5.41, 5.74) is 6.35. The number of hydrogen-bond donors (Lipinski definition) is 2. The predicted octanol–water partition coefficient (Wildman–Crippen LogP) is 6.46. The molecule has 5 nitrogen and oxygen atoms in total. The molecule has 0 bridgehead atoms. The third kappa shape index (κ3) is 4.15. The number of allylic oxidation sites excluding steroid dienone is 1. The summed E-state index contributed by atoms with van der Waals surface area (Å²) in [7, 11) is 0. The van der Waals surface area contributed by atoms with Gasteiger partial charge in [0.2, 0.25) is 0 Å². The number of nitrogens with zero attached hydrogens (tertiary/aromatic N) is 2. The summed E-state index contributed by atoms with van der Waals surface area (Å²) in [6, 6.07) is 23.4. The van der Waals surface area contributed by atoms with Crippen molar-refractivity contribution in [3.05, 3.63) is 118 Å². The molecular weight excluding hydrogens is 432 g/mol. The second-order valence-corrected chi connectivity index (χ2v) is 8.62. The summed E-state index contributed by atoms with van der Waals surface area (Å²) in [4.78, 5) is 13.2. The third-order valence-corrected chi connectivity index (χ3v) is 6.12. The van der Waals surface area contributed by atoms with E-state index in [0.717, 1.165) is 28.1 Å². The van der Waals surface area contributed by atoms with Crippen LogP contribution in [0.2, 0.25) is 5.02 Å². The molecule has 164 valence electrons. The van der Waals surface area contributed by atoms with Crippen LogP contribution in [0, 0.1) is 13.8 Å². The van der Waals surface area contributed by atoms with E-state index in [4.69, 9.17) is 11.6 Å². The summed E-state index contributed by atoms with van der Waals surface area (Å²) in [6.45, 7) is 4.07. The quantitative estimate of drug-likeness (QED) is 0.372. The van der Waals surface area contributed by atoms with E-state index in [-0.39, 0.29) is 11.9 Å². The smallest absolute Gasteiger partial charge is 0.261 e. The molecule has 5 rings (SSSR count). The number of anilines is 2. The van der Waals surface area contributed by atoms with Crippen LogP contribution in [0.25, 0.3) is 5.70 Å². The summed E-state index contributed by atoms with van der Waals surface area (Å²) in [5, 5.41) is 11.6. The number of amides is 1. The molecule has 6 heteroatoms. The average Bonchev–Trinajstić information content (AvgIpc) is 3.25. The lowest BCUT2D eigenvalue weighted by Crippen LogP contribution is -2.22. The number of nitrogens with one attached hydrogen (secondary N) is 2. The van der Waals surface area contributed by atoms with E-state index in [1.165, 1.54) is 5.56 Å². The number of fused-ring (bicyclic) bond motifs is 1. The highest BCUT2D eigenvalue weighted by molar-refractivity contribution is 6.31. The fraction of sp³-hybridized carbons (Fsp3) is 0.111. The van der Waals surface area contributed by atoms with Gasteiger partial charge >= 0.3 is 0 Å². The maximum atomic E-state index is 13.2. The lowest BCUT2D eigenvalue weighted by molar-refractivity contribution is 0.102. The molecular formula is C27H23ClN4O. The van der Waals surface area contributed by atoms with Gasteiger partial charge in [0.1, 0.15) is 17.4 Å². The highest BCUT2D eigenvalue weighted by atomic mass is 35.5. The zero-order valence-corrected chi connectivity index (χ0v) is 19.1. The lowest BCUT2D eigenvalue weighted by atomic mass is 10.0. The zero-order valence-electron chi connectivity index (χ0n) is 18.3. The minimum Gasteiger partial charge on any atom is -0.339 e. The predicted molar refractivity (Wildman–Crippen MR) is 134 cm³/mol. The van der Waals surface area contributed by atoms with E-state index in [0.29, 0.717) is 16.4 Å². The van der Waals surface area contributed by atoms with E-state index in [2.05, 4.69) is 53.0 Å². The Balaban J connectivity index is 1.56. The second-order valence-electron chi connectivity index (χ2n) is 8.21. The van der Waals surface area contributed by atoms with E-state index < -0.39 is 0 Å². The number of aromatic nitrogens is 2. The van der Waals surface area contributed by atoms with E-state index in [1.807, 2.05) is 60.1 Å². The van der Waals surface area contributed by atoms with E-state index in [9.17, 15) is 4.79 Å². The number of rotatable bonds is 4. The van der Waals surface area contributed by atoms with Gasteiger partial charge in [0.15, 0.2) is 0 Å². The number of benzene rings is 3. The van der Waals surface area contributed by atoms with Crippen LogP contribution in [0.3, 0.4) is 0 Å². The van der Waals surface area contributed by atoms with E-state index in [1.54, 1.807) is 6.20 Å². The Hall–Kier alpha value is -3.83. The van der Waals surface area contributed by atoms with Crippen molar-refractivity contribution in [2.75, 3.05) is 10.6 Å². The first-order valence-electron chi connectivity index (χ1n) is 10.8. The molecule has 2 N–H and O–H groups in total. The molecule has 0 aliphatic carbocycles. The van der Waals surface area contributed by atoms with Crippen LogP contribution in [0.15, 0.2) is 85.1 Å². The summed E-state index contributed by atoms with van der Waals surface area (Å²) in [6.07, 6.45) is 3.69. The van der Waals surface area contributed by atoms with Gasteiger partial charge in [0.05, 0.1) is 6.20 Å². The Bertz CT molecular complexity index is 1350. The number of carbonyl (C=O) groups excluding carboxylic acids is 1. The van der Waals surface area contributed by atoms with Gasteiger partial charge < -0.3 is 10.6 Å². The Morgan fingerprint density at radius 2 is 1.64 bits per heavy atom. The average molecular weight is 455 g/mol. The lowest BCUT2D eigenvalue weighted by Gasteiger charge is -2.27. The molecule has 0 radical (unpaired) electrons. The molecule has 0 fully saturated rings. The van der Waals surface area contributed by atoms with Crippen LogP contribution >= 0.6 is 11.6 Å². The molecule has 4 aromatic rings. The molecule has 1 amide bonds. The van der Waals surface area contributed by atoms with Crippen molar-refractivity contribution >= 4 is 34.7 Å². The van der Waals surface area contributed by atoms with Gasteiger partial charge in [-0.15, -0.1) is 0 Å². The highest BCUT2D eigenvalue weighted by Crippen LogP contribution is 2.37.